The normalized spacial score (nSPS) is 29.7. The number of hydrogen-bond acceptors (Lipinski definition) is 4. The van der Waals surface area contributed by atoms with Crippen LogP contribution >= 0.6 is 0 Å². The minimum Gasteiger partial charge on any atom is -0.367 e. The van der Waals surface area contributed by atoms with Crippen molar-refractivity contribution in [1.82, 2.24) is 5.32 Å². The zero-order valence-electron chi connectivity index (χ0n) is 12.0. The van der Waals surface area contributed by atoms with Crippen LogP contribution in [0.15, 0.2) is 29.2 Å². The average Bonchev–Trinajstić information content (AvgIpc) is 2.97. The SMILES string of the molecule is CCC1C2CNCC2CN1c1ccccc1S(C)(=O)=O. The second-order valence-corrected chi connectivity index (χ2v) is 7.93. The first kappa shape index (κ1) is 13.9. The summed E-state index contributed by atoms with van der Waals surface area (Å²) in [5.74, 6) is 1.29. The van der Waals surface area contributed by atoms with Crippen LogP contribution in [0.4, 0.5) is 5.69 Å². The van der Waals surface area contributed by atoms with Crippen LogP contribution in [0.3, 0.4) is 0 Å². The van der Waals surface area contributed by atoms with Gasteiger partial charge in [-0.15, -0.1) is 0 Å². The van der Waals surface area contributed by atoms with E-state index in [2.05, 4.69) is 17.1 Å². The van der Waals surface area contributed by atoms with Crippen LogP contribution in [0.25, 0.3) is 0 Å². The van der Waals surface area contributed by atoms with Gasteiger partial charge in [0.25, 0.3) is 0 Å². The summed E-state index contributed by atoms with van der Waals surface area (Å²) in [6, 6.07) is 7.86. The van der Waals surface area contributed by atoms with E-state index in [1.807, 2.05) is 12.1 Å². The Morgan fingerprint density at radius 2 is 2.05 bits per heavy atom. The zero-order chi connectivity index (χ0) is 14.3. The molecule has 2 fully saturated rings. The van der Waals surface area contributed by atoms with Crippen molar-refractivity contribution in [2.45, 2.75) is 24.3 Å². The molecule has 2 aliphatic rings. The third kappa shape index (κ3) is 2.23. The first-order chi connectivity index (χ1) is 9.52. The number of benzene rings is 1. The van der Waals surface area contributed by atoms with Crippen molar-refractivity contribution >= 4 is 15.5 Å². The Morgan fingerprint density at radius 1 is 1.30 bits per heavy atom. The smallest absolute Gasteiger partial charge is 0.177 e. The molecule has 1 N–H and O–H groups in total. The van der Waals surface area contributed by atoms with Gasteiger partial charge < -0.3 is 10.2 Å². The number of para-hydroxylation sites is 1. The zero-order valence-corrected chi connectivity index (χ0v) is 12.9. The van der Waals surface area contributed by atoms with Crippen LogP contribution < -0.4 is 10.2 Å². The van der Waals surface area contributed by atoms with E-state index >= 15 is 0 Å². The third-order valence-corrected chi connectivity index (χ3v) is 5.85. The number of sulfone groups is 1. The van der Waals surface area contributed by atoms with Crippen molar-refractivity contribution in [3.63, 3.8) is 0 Å². The van der Waals surface area contributed by atoms with Gasteiger partial charge >= 0.3 is 0 Å². The molecule has 2 aliphatic heterocycles. The topological polar surface area (TPSA) is 49.4 Å². The van der Waals surface area contributed by atoms with Crippen molar-refractivity contribution in [3.8, 4) is 0 Å². The fourth-order valence-corrected chi connectivity index (χ4v) is 4.72. The lowest BCUT2D eigenvalue weighted by molar-refractivity contribution is 0.441. The van der Waals surface area contributed by atoms with E-state index in [1.165, 1.54) is 6.26 Å². The number of fused-ring (bicyclic) bond motifs is 1. The molecule has 1 aromatic carbocycles. The number of nitrogens with one attached hydrogen (secondary N) is 1. The second-order valence-electron chi connectivity index (χ2n) is 5.95. The minimum absolute atomic E-state index is 0.442. The molecule has 3 atom stereocenters. The summed E-state index contributed by atoms with van der Waals surface area (Å²) in [5, 5.41) is 3.46. The molecule has 3 rings (SSSR count). The van der Waals surface area contributed by atoms with Crippen molar-refractivity contribution in [2.24, 2.45) is 11.8 Å². The number of rotatable bonds is 3. The first-order valence-electron chi connectivity index (χ1n) is 7.28. The van der Waals surface area contributed by atoms with Crippen molar-refractivity contribution in [3.05, 3.63) is 24.3 Å². The Morgan fingerprint density at radius 3 is 2.75 bits per heavy atom. The molecule has 0 aliphatic carbocycles. The van der Waals surface area contributed by atoms with Crippen molar-refractivity contribution in [2.75, 3.05) is 30.8 Å². The van der Waals surface area contributed by atoms with Gasteiger partial charge in [-0.05, 0) is 30.4 Å². The van der Waals surface area contributed by atoms with Crippen LogP contribution in [0.1, 0.15) is 13.3 Å². The van der Waals surface area contributed by atoms with Gasteiger partial charge in [-0.3, -0.25) is 0 Å². The molecular formula is C15H22N2O2S. The maximum absolute atomic E-state index is 12.0. The molecule has 0 saturated carbocycles. The molecule has 0 bridgehead atoms. The molecule has 0 amide bonds. The molecule has 0 spiro atoms. The van der Waals surface area contributed by atoms with E-state index in [-0.39, 0.29) is 0 Å². The van der Waals surface area contributed by atoms with E-state index in [9.17, 15) is 8.42 Å². The van der Waals surface area contributed by atoms with Crippen molar-refractivity contribution < 1.29 is 8.42 Å². The molecule has 2 heterocycles. The average molecular weight is 294 g/mol. The van der Waals surface area contributed by atoms with Gasteiger partial charge in [0.15, 0.2) is 9.84 Å². The van der Waals surface area contributed by atoms with Crippen LogP contribution in [0, 0.1) is 11.8 Å². The van der Waals surface area contributed by atoms with Gasteiger partial charge in [0, 0.05) is 31.9 Å². The molecule has 2 saturated heterocycles. The molecule has 0 aromatic heterocycles. The monoisotopic (exact) mass is 294 g/mol. The van der Waals surface area contributed by atoms with Crippen molar-refractivity contribution in [1.29, 1.82) is 0 Å². The van der Waals surface area contributed by atoms with Gasteiger partial charge in [-0.1, -0.05) is 19.1 Å². The lowest BCUT2D eigenvalue weighted by Gasteiger charge is -2.30. The Kier molecular flexibility index (Phi) is 3.50. The Balaban J connectivity index is 2.01. The van der Waals surface area contributed by atoms with Gasteiger partial charge in [0.05, 0.1) is 10.6 Å². The number of nitrogens with zero attached hydrogens (tertiary/aromatic N) is 1. The summed E-state index contributed by atoms with van der Waals surface area (Å²) in [4.78, 5) is 2.79. The van der Waals surface area contributed by atoms with Crippen LogP contribution in [0.5, 0.6) is 0 Å². The van der Waals surface area contributed by atoms with E-state index < -0.39 is 9.84 Å². The molecule has 1 aromatic rings. The predicted molar refractivity (Wildman–Crippen MR) is 80.8 cm³/mol. The number of anilines is 1. The summed E-state index contributed by atoms with van der Waals surface area (Å²) < 4.78 is 24.0. The van der Waals surface area contributed by atoms with E-state index in [4.69, 9.17) is 0 Å². The van der Waals surface area contributed by atoms with E-state index in [0.717, 1.165) is 31.7 Å². The van der Waals surface area contributed by atoms with E-state index in [1.54, 1.807) is 12.1 Å². The lowest BCUT2D eigenvalue weighted by atomic mass is 9.93. The first-order valence-corrected chi connectivity index (χ1v) is 9.18. The molecule has 3 unspecified atom stereocenters. The quantitative estimate of drug-likeness (QED) is 0.918. The summed E-state index contributed by atoms with van der Waals surface area (Å²) in [6.45, 7) is 5.27. The van der Waals surface area contributed by atoms with Gasteiger partial charge in [-0.25, -0.2) is 8.42 Å². The lowest BCUT2D eigenvalue weighted by Crippen LogP contribution is -2.35. The highest BCUT2D eigenvalue weighted by atomic mass is 32.2. The fourth-order valence-electron chi connectivity index (χ4n) is 3.83. The van der Waals surface area contributed by atoms with Gasteiger partial charge in [0.2, 0.25) is 0 Å². The second kappa shape index (κ2) is 5.04. The largest absolute Gasteiger partial charge is 0.367 e. The van der Waals surface area contributed by atoms with E-state index in [0.29, 0.717) is 22.8 Å². The predicted octanol–water partition coefficient (Wildman–Crippen LogP) is 1.52. The highest BCUT2D eigenvalue weighted by molar-refractivity contribution is 7.90. The molecule has 4 nitrogen and oxygen atoms in total. The highest BCUT2D eigenvalue weighted by Crippen LogP contribution is 2.39. The molecule has 110 valence electrons. The fraction of sp³-hybridized carbons (Fsp3) is 0.600. The minimum atomic E-state index is -3.18. The summed E-state index contributed by atoms with van der Waals surface area (Å²) in [7, 11) is -3.18. The van der Waals surface area contributed by atoms with Gasteiger partial charge in [-0.2, -0.15) is 0 Å². The highest BCUT2D eigenvalue weighted by Gasteiger charge is 2.44. The van der Waals surface area contributed by atoms with Crippen LogP contribution in [-0.4, -0.2) is 40.3 Å². The maximum Gasteiger partial charge on any atom is 0.177 e. The standard InChI is InChI=1S/C15H22N2O2S/c1-3-13-12-9-16-8-11(12)10-17(13)14-6-4-5-7-15(14)20(2,18)19/h4-7,11-13,16H,3,8-10H2,1-2H3. The summed E-state index contributed by atoms with van der Waals surface area (Å²) in [6.07, 6.45) is 2.35. The third-order valence-electron chi connectivity index (χ3n) is 4.71. The molecule has 0 radical (unpaired) electrons. The van der Waals surface area contributed by atoms with Gasteiger partial charge in [0.1, 0.15) is 0 Å². The van der Waals surface area contributed by atoms with Crippen LogP contribution in [0.2, 0.25) is 0 Å². The summed E-state index contributed by atoms with van der Waals surface area (Å²) >= 11 is 0. The maximum atomic E-state index is 12.0. The van der Waals surface area contributed by atoms with Crippen LogP contribution in [-0.2, 0) is 9.84 Å². The molecule has 5 heteroatoms. The number of hydrogen-bond donors (Lipinski definition) is 1. The molecule has 20 heavy (non-hydrogen) atoms. The Bertz CT molecular complexity index is 600. The Hall–Kier alpha value is -1.07. The Labute approximate surface area is 121 Å². The molecular weight excluding hydrogens is 272 g/mol. The summed E-state index contributed by atoms with van der Waals surface area (Å²) in [5.41, 5.74) is 0.885.